The Hall–Kier alpha value is -2.74. The van der Waals surface area contributed by atoms with E-state index in [0.29, 0.717) is 28.9 Å². The molecule has 1 heterocycles. The van der Waals surface area contributed by atoms with Gasteiger partial charge in [-0.3, -0.25) is 19.0 Å². The molecule has 168 valence electrons. The topological polar surface area (TPSA) is 89.8 Å². The number of carbonyl (C=O) groups is 3. The number of amides is 2. The molecule has 1 atom stereocenters. The highest BCUT2D eigenvalue weighted by molar-refractivity contribution is 7.07. The summed E-state index contributed by atoms with van der Waals surface area (Å²) < 4.78 is 6.92. The van der Waals surface area contributed by atoms with Crippen molar-refractivity contribution in [3.8, 4) is 0 Å². The van der Waals surface area contributed by atoms with Crippen LogP contribution in [0.15, 0.2) is 40.8 Å². The Morgan fingerprint density at radius 1 is 1.19 bits per heavy atom. The minimum absolute atomic E-state index is 0.0175. The molecule has 1 unspecified atom stereocenters. The molecule has 31 heavy (non-hydrogen) atoms. The van der Waals surface area contributed by atoms with Crippen LogP contribution in [0.2, 0.25) is 0 Å². The van der Waals surface area contributed by atoms with E-state index in [4.69, 9.17) is 4.74 Å². The molecule has 0 aliphatic carbocycles. The molecular formula is C23H31N3O4S. The van der Waals surface area contributed by atoms with Crippen LogP contribution >= 0.6 is 11.3 Å². The predicted octanol–water partition coefficient (Wildman–Crippen LogP) is 4.60. The minimum Gasteiger partial charge on any atom is -0.444 e. The van der Waals surface area contributed by atoms with E-state index in [-0.39, 0.29) is 29.9 Å². The molecule has 0 fully saturated rings. The van der Waals surface area contributed by atoms with Crippen LogP contribution in [-0.4, -0.2) is 22.4 Å². The number of benzene rings is 1. The first kappa shape index (κ1) is 24.5. The van der Waals surface area contributed by atoms with Gasteiger partial charge in [0.2, 0.25) is 5.91 Å². The molecule has 2 amide bonds. The maximum absolute atomic E-state index is 12.5. The van der Waals surface area contributed by atoms with Crippen LogP contribution in [0.4, 0.5) is 5.69 Å². The summed E-state index contributed by atoms with van der Waals surface area (Å²) in [6, 6.07) is 6.62. The van der Waals surface area contributed by atoms with Gasteiger partial charge in [-0.1, -0.05) is 41.0 Å². The van der Waals surface area contributed by atoms with Crippen molar-refractivity contribution in [1.82, 2.24) is 4.57 Å². The van der Waals surface area contributed by atoms with Crippen LogP contribution in [0.5, 0.6) is 0 Å². The van der Waals surface area contributed by atoms with Crippen molar-refractivity contribution < 1.29 is 19.1 Å². The van der Waals surface area contributed by atoms with Crippen LogP contribution in [0.25, 0.3) is 0 Å². The van der Waals surface area contributed by atoms with Crippen molar-refractivity contribution in [1.29, 1.82) is 0 Å². The Balaban J connectivity index is 2.01. The quantitative estimate of drug-likeness (QED) is 0.601. The number of nitrogens with one attached hydrogen (secondary N) is 1. The molecule has 0 spiro atoms. The lowest BCUT2D eigenvalue weighted by Gasteiger charge is -2.17. The van der Waals surface area contributed by atoms with Crippen LogP contribution in [0, 0.1) is 11.3 Å². The number of ether oxygens (including phenoxy) is 1. The molecule has 7 nitrogen and oxygen atoms in total. The maximum atomic E-state index is 12.5. The first-order chi connectivity index (χ1) is 14.6. The molecule has 8 heteroatoms. The van der Waals surface area contributed by atoms with Gasteiger partial charge < -0.3 is 10.1 Å². The Bertz CT molecular complexity index is 968. The molecule has 1 N–H and O–H groups in total. The SMILES string of the molecule is CCC(C)CC(=O)OCn1ccsc1=NC(=O)c1ccc(NC(=O)CC(C)(C)C)cc1. The first-order valence-electron chi connectivity index (χ1n) is 10.4. The molecule has 0 aliphatic rings. The number of esters is 1. The number of anilines is 1. The van der Waals surface area contributed by atoms with E-state index in [1.54, 1.807) is 40.4 Å². The number of hydrogen-bond donors (Lipinski definition) is 1. The number of thiazole rings is 1. The minimum atomic E-state index is -0.408. The van der Waals surface area contributed by atoms with E-state index in [1.165, 1.54) is 11.3 Å². The summed E-state index contributed by atoms with van der Waals surface area (Å²) in [6.07, 6.45) is 3.41. The van der Waals surface area contributed by atoms with Crippen LogP contribution in [0.3, 0.4) is 0 Å². The van der Waals surface area contributed by atoms with Crippen LogP contribution < -0.4 is 10.1 Å². The van der Waals surface area contributed by atoms with Crippen molar-refractivity contribution in [3.05, 3.63) is 46.2 Å². The molecule has 0 bridgehead atoms. The maximum Gasteiger partial charge on any atom is 0.307 e. The second-order valence-corrected chi connectivity index (χ2v) is 9.67. The van der Waals surface area contributed by atoms with Crippen LogP contribution in [-0.2, 0) is 21.1 Å². The second kappa shape index (κ2) is 11.0. The van der Waals surface area contributed by atoms with Gasteiger partial charge in [0.05, 0.1) is 0 Å². The highest BCUT2D eigenvalue weighted by Gasteiger charge is 2.16. The average Bonchev–Trinajstić information content (AvgIpc) is 3.12. The van der Waals surface area contributed by atoms with E-state index in [2.05, 4.69) is 10.3 Å². The summed E-state index contributed by atoms with van der Waals surface area (Å²) in [5.74, 6) is -0.477. The standard InChI is InChI=1S/C23H31N3O4S/c1-6-16(2)13-20(28)30-15-26-11-12-31-22(26)25-21(29)17-7-9-18(10-8-17)24-19(27)14-23(3,4)5/h7-12,16H,6,13-15H2,1-5H3,(H,24,27). The van der Waals surface area contributed by atoms with Gasteiger partial charge in [-0.25, -0.2) is 0 Å². The predicted molar refractivity (Wildman–Crippen MR) is 122 cm³/mol. The van der Waals surface area contributed by atoms with Gasteiger partial charge in [-0.05, 0) is 35.6 Å². The van der Waals surface area contributed by atoms with Gasteiger partial charge in [-0.2, -0.15) is 4.99 Å². The third-order valence-electron chi connectivity index (χ3n) is 4.54. The molecule has 0 saturated carbocycles. The molecule has 0 saturated heterocycles. The summed E-state index contributed by atoms with van der Waals surface area (Å²) in [6.45, 7) is 10.0. The molecule has 2 rings (SSSR count). The van der Waals surface area contributed by atoms with E-state index >= 15 is 0 Å². The molecule has 0 radical (unpaired) electrons. The van der Waals surface area contributed by atoms with Gasteiger partial charge in [-0.15, -0.1) is 11.3 Å². The van der Waals surface area contributed by atoms with Crippen molar-refractivity contribution in [2.75, 3.05) is 5.32 Å². The van der Waals surface area contributed by atoms with Crippen LogP contribution in [0.1, 0.15) is 64.2 Å². The highest BCUT2D eigenvalue weighted by Crippen LogP contribution is 2.20. The van der Waals surface area contributed by atoms with Gasteiger partial charge >= 0.3 is 5.97 Å². The zero-order chi connectivity index (χ0) is 23.0. The van der Waals surface area contributed by atoms with Gasteiger partial charge in [0.15, 0.2) is 11.5 Å². The van der Waals surface area contributed by atoms with Gasteiger partial charge in [0, 0.05) is 35.7 Å². The lowest BCUT2D eigenvalue weighted by atomic mass is 9.92. The fourth-order valence-electron chi connectivity index (χ4n) is 2.65. The summed E-state index contributed by atoms with van der Waals surface area (Å²) in [4.78, 5) is 41.1. The average molecular weight is 446 g/mol. The lowest BCUT2D eigenvalue weighted by Crippen LogP contribution is -2.20. The Labute approximate surface area is 187 Å². The fraction of sp³-hybridized carbons (Fsp3) is 0.478. The molecular weight excluding hydrogens is 414 g/mol. The second-order valence-electron chi connectivity index (χ2n) is 8.80. The normalized spacial score (nSPS) is 13.0. The van der Waals surface area contributed by atoms with Crippen molar-refractivity contribution >= 4 is 34.8 Å². The third-order valence-corrected chi connectivity index (χ3v) is 5.33. The first-order valence-corrected chi connectivity index (χ1v) is 11.2. The fourth-order valence-corrected chi connectivity index (χ4v) is 3.36. The number of hydrogen-bond acceptors (Lipinski definition) is 5. The third kappa shape index (κ3) is 8.49. The summed E-state index contributed by atoms with van der Waals surface area (Å²) in [5, 5.41) is 4.61. The summed E-state index contributed by atoms with van der Waals surface area (Å²) in [7, 11) is 0. The van der Waals surface area contributed by atoms with Crippen molar-refractivity contribution in [2.45, 2.75) is 60.6 Å². The highest BCUT2D eigenvalue weighted by atomic mass is 32.1. The van der Waals surface area contributed by atoms with E-state index < -0.39 is 5.91 Å². The smallest absolute Gasteiger partial charge is 0.307 e. The van der Waals surface area contributed by atoms with Gasteiger partial charge in [0.25, 0.3) is 5.91 Å². The molecule has 1 aromatic carbocycles. The summed E-state index contributed by atoms with van der Waals surface area (Å²) >= 11 is 1.29. The van der Waals surface area contributed by atoms with Crippen molar-refractivity contribution in [3.63, 3.8) is 0 Å². The largest absolute Gasteiger partial charge is 0.444 e. The molecule has 2 aromatic rings. The molecule has 1 aromatic heterocycles. The number of nitrogens with zero attached hydrogens (tertiary/aromatic N) is 2. The Kier molecular flexibility index (Phi) is 8.74. The van der Waals surface area contributed by atoms with Crippen molar-refractivity contribution in [2.24, 2.45) is 16.3 Å². The zero-order valence-corrected chi connectivity index (χ0v) is 19.6. The Morgan fingerprint density at radius 2 is 1.87 bits per heavy atom. The zero-order valence-electron chi connectivity index (χ0n) is 18.8. The lowest BCUT2D eigenvalue weighted by molar-refractivity contribution is -0.148. The molecule has 0 aliphatic heterocycles. The number of aromatic nitrogens is 1. The van der Waals surface area contributed by atoms with E-state index in [1.807, 2.05) is 34.6 Å². The van der Waals surface area contributed by atoms with E-state index in [0.717, 1.165) is 6.42 Å². The monoisotopic (exact) mass is 445 g/mol. The number of rotatable bonds is 8. The van der Waals surface area contributed by atoms with Gasteiger partial charge in [0.1, 0.15) is 0 Å². The Morgan fingerprint density at radius 3 is 2.48 bits per heavy atom. The summed E-state index contributed by atoms with van der Waals surface area (Å²) in [5.41, 5.74) is 0.935. The number of carbonyl (C=O) groups excluding carboxylic acids is 3. The van der Waals surface area contributed by atoms with E-state index in [9.17, 15) is 14.4 Å².